The zero-order chi connectivity index (χ0) is 15.1. The molecule has 0 unspecified atom stereocenters. The summed E-state index contributed by atoms with van der Waals surface area (Å²) in [6, 6.07) is 3.61. The first-order valence-corrected chi connectivity index (χ1v) is 6.80. The van der Waals surface area contributed by atoms with E-state index in [9.17, 15) is 4.79 Å². The molecule has 0 spiro atoms. The van der Waals surface area contributed by atoms with E-state index in [1.807, 2.05) is 6.07 Å². The van der Waals surface area contributed by atoms with Crippen molar-refractivity contribution in [2.45, 2.75) is 20.4 Å². The van der Waals surface area contributed by atoms with E-state index >= 15 is 0 Å². The second-order valence-electron chi connectivity index (χ2n) is 4.89. The van der Waals surface area contributed by atoms with Gasteiger partial charge in [0.2, 0.25) is 0 Å². The van der Waals surface area contributed by atoms with Crippen LogP contribution in [-0.2, 0) is 11.3 Å². The number of nitrogens with two attached hydrogens (primary N) is 1. The monoisotopic (exact) mass is 300 g/mol. The van der Waals surface area contributed by atoms with Crippen molar-refractivity contribution >= 4 is 17.5 Å². The van der Waals surface area contributed by atoms with Crippen LogP contribution in [0.25, 0.3) is 0 Å². The highest BCUT2D eigenvalue weighted by Crippen LogP contribution is 2.36. The molecule has 0 heterocycles. The molecule has 0 fully saturated rings. The fourth-order valence-corrected chi connectivity index (χ4v) is 1.95. The Morgan fingerprint density at radius 3 is 2.70 bits per heavy atom. The van der Waals surface area contributed by atoms with E-state index in [0.29, 0.717) is 29.0 Å². The highest BCUT2D eigenvalue weighted by atomic mass is 35.5. The van der Waals surface area contributed by atoms with Crippen molar-refractivity contribution in [1.29, 1.82) is 0 Å². The molecule has 0 radical (unpaired) electrons. The Bertz CT molecular complexity index is 464. The van der Waals surface area contributed by atoms with Crippen molar-refractivity contribution < 1.29 is 14.3 Å². The van der Waals surface area contributed by atoms with E-state index in [1.165, 1.54) is 7.11 Å². The molecule has 0 aliphatic rings. The van der Waals surface area contributed by atoms with E-state index in [4.69, 9.17) is 26.8 Å². The lowest BCUT2D eigenvalue weighted by molar-refractivity contribution is -0.119. The Morgan fingerprint density at radius 2 is 2.15 bits per heavy atom. The second kappa shape index (κ2) is 7.97. The zero-order valence-electron chi connectivity index (χ0n) is 12.0. The molecule has 0 aliphatic heterocycles. The van der Waals surface area contributed by atoms with Crippen LogP contribution in [0.15, 0.2) is 12.1 Å². The first kappa shape index (κ1) is 16.6. The van der Waals surface area contributed by atoms with Gasteiger partial charge < -0.3 is 20.5 Å². The van der Waals surface area contributed by atoms with E-state index in [2.05, 4.69) is 19.2 Å². The van der Waals surface area contributed by atoms with Crippen LogP contribution in [0.5, 0.6) is 11.5 Å². The van der Waals surface area contributed by atoms with Crippen LogP contribution in [0.2, 0.25) is 5.02 Å². The molecule has 0 atom stereocenters. The number of methoxy groups -OCH3 is 1. The molecule has 0 saturated carbocycles. The number of hydrogen-bond donors (Lipinski definition) is 2. The third kappa shape index (κ3) is 5.27. The van der Waals surface area contributed by atoms with Gasteiger partial charge in [-0.25, -0.2) is 0 Å². The van der Waals surface area contributed by atoms with E-state index in [1.54, 1.807) is 6.07 Å². The molecule has 1 amide bonds. The van der Waals surface area contributed by atoms with Crippen LogP contribution < -0.4 is 20.5 Å². The van der Waals surface area contributed by atoms with Crippen LogP contribution in [0, 0.1) is 5.92 Å². The summed E-state index contributed by atoms with van der Waals surface area (Å²) in [5, 5.41) is 3.72. The Hall–Kier alpha value is -1.46. The number of primary amides is 1. The van der Waals surface area contributed by atoms with Crippen LogP contribution in [0.1, 0.15) is 19.4 Å². The molecule has 0 aromatic heterocycles. The summed E-state index contributed by atoms with van der Waals surface area (Å²) in [6.45, 7) is 5.65. The number of halogens is 1. The minimum Gasteiger partial charge on any atom is -0.493 e. The lowest BCUT2D eigenvalue weighted by atomic mass is 10.1. The molecule has 5 nitrogen and oxygen atoms in total. The molecule has 0 aliphatic carbocycles. The lowest BCUT2D eigenvalue weighted by Gasteiger charge is -2.14. The number of ether oxygens (including phenoxy) is 2. The van der Waals surface area contributed by atoms with Crippen molar-refractivity contribution in [3.8, 4) is 11.5 Å². The fraction of sp³-hybridized carbons (Fsp3) is 0.500. The van der Waals surface area contributed by atoms with Gasteiger partial charge in [0, 0.05) is 6.54 Å². The maximum absolute atomic E-state index is 10.8. The number of hydrogen-bond acceptors (Lipinski definition) is 4. The summed E-state index contributed by atoms with van der Waals surface area (Å²) >= 11 is 6.15. The minimum atomic E-state index is -0.564. The molecule has 1 aromatic carbocycles. The average molecular weight is 301 g/mol. The Kier molecular flexibility index (Phi) is 6.61. The topological polar surface area (TPSA) is 73.6 Å². The maximum atomic E-state index is 10.8. The molecule has 112 valence electrons. The van der Waals surface area contributed by atoms with Gasteiger partial charge in [0.05, 0.1) is 12.1 Å². The smallest absolute Gasteiger partial charge is 0.255 e. The summed E-state index contributed by atoms with van der Waals surface area (Å²) in [5.41, 5.74) is 6.03. The molecular weight excluding hydrogens is 280 g/mol. The second-order valence-corrected chi connectivity index (χ2v) is 5.30. The largest absolute Gasteiger partial charge is 0.493 e. The Balaban J connectivity index is 2.81. The molecule has 6 heteroatoms. The molecule has 20 heavy (non-hydrogen) atoms. The third-order valence-electron chi connectivity index (χ3n) is 2.53. The van der Waals surface area contributed by atoms with Crippen molar-refractivity contribution in [2.75, 3.05) is 20.3 Å². The van der Waals surface area contributed by atoms with Gasteiger partial charge in [0.1, 0.15) is 0 Å². The van der Waals surface area contributed by atoms with Crippen LogP contribution >= 0.6 is 11.6 Å². The first-order chi connectivity index (χ1) is 9.43. The Morgan fingerprint density at radius 1 is 1.45 bits per heavy atom. The van der Waals surface area contributed by atoms with Gasteiger partial charge in [-0.1, -0.05) is 25.4 Å². The molecule has 0 saturated heterocycles. The highest BCUT2D eigenvalue weighted by Gasteiger charge is 2.13. The number of rotatable bonds is 8. The summed E-state index contributed by atoms with van der Waals surface area (Å²) in [5.74, 6) is 0.831. The summed E-state index contributed by atoms with van der Waals surface area (Å²) in [6.07, 6.45) is 0. The minimum absolute atomic E-state index is 0.235. The number of nitrogens with one attached hydrogen (secondary N) is 1. The SMILES string of the molecule is COc1cc(CNCC(C)C)cc(Cl)c1OCC(N)=O. The van der Waals surface area contributed by atoms with Crippen LogP contribution in [0.3, 0.4) is 0 Å². The summed E-state index contributed by atoms with van der Waals surface area (Å²) in [4.78, 5) is 10.8. The Labute approximate surface area is 124 Å². The van der Waals surface area contributed by atoms with E-state index in [0.717, 1.165) is 12.1 Å². The van der Waals surface area contributed by atoms with Gasteiger partial charge in [0.15, 0.2) is 18.1 Å². The summed E-state index contributed by atoms with van der Waals surface area (Å²) in [7, 11) is 1.52. The molecular formula is C14H21ClN2O3. The van der Waals surface area contributed by atoms with E-state index in [-0.39, 0.29) is 6.61 Å². The number of carbonyl (C=O) groups excluding carboxylic acids is 1. The van der Waals surface area contributed by atoms with Gasteiger partial charge >= 0.3 is 0 Å². The standard InChI is InChI=1S/C14H21ClN2O3/c1-9(2)6-17-7-10-4-11(15)14(12(5-10)19-3)20-8-13(16)18/h4-5,9,17H,6-8H2,1-3H3,(H2,16,18). The quantitative estimate of drug-likeness (QED) is 0.770. The zero-order valence-corrected chi connectivity index (χ0v) is 12.8. The van der Waals surface area contributed by atoms with Gasteiger partial charge in [-0.2, -0.15) is 0 Å². The number of carbonyl (C=O) groups is 1. The molecule has 1 rings (SSSR count). The third-order valence-corrected chi connectivity index (χ3v) is 2.81. The molecule has 0 bridgehead atoms. The lowest BCUT2D eigenvalue weighted by Crippen LogP contribution is -2.21. The van der Waals surface area contributed by atoms with Crippen molar-refractivity contribution in [3.63, 3.8) is 0 Å². The van der Waals surface area contributed by atoms with Crippen molar-refractivity contribution in [1.82, 2.24) is 5.32 Å². The van der Waals surface area contributed by atoms with E-state index < -0.39 is 5.91 Å². The molecule has 1 aromatic rings. The predicted molar refractivity (Wildman–Crippen MR) is 79.2 cm³/mol. The van der Waals surface area contributed by atoms with Gasteiger partial charge in [-0.3, -0.25) is 4.79 Å². The average Bonchev–Trinajstić information content (AvgIpc) is 2.36. The van der Waals surface area contributed by atoms with Gasteiger partial charge in [0.25, 0.3) is 5.91 Å². The van der Waals surface area contributed by atoms with Crippen molar-refractivity contribution in [2.24, 2.45) is 11.7 Å². The number of benzene rings is 1. The van der Waals surface area contributed by atoms with Crippen LogP contribution in [-0.4, -0.2) is 26.2 Å². The molecule has 3 N–H and O–H groups in total. The number of amides is 1. The normalized spacial score (nSPS) is 10.7. The van der Waals surface area contributed by atoms with Gasteiger partial charge in [-0.05, 0) is 30.2 Å². The summed E-state index contributed by atoms with van der Waals surface area (Å²) < 4.78 is 10.5. The maximum Gasteiger partial charge on any atom is 0.255 e. The predicted octanol–water partition coefficient (Wildman–Crippen LogP) is 1.96. The van der Waals surface area contributed by atoms with Gasteiger partial charge in [-0.15, -0.1) is 0 Å². The fourth-order valence-electron chi connectivity index (χ4n) is 1.66. The first-order valence-electron chi connectivity index (χ1n) is 6.42. The van der Waals surface area contributed by atoms with Crippen molar-refractivity contribution in [3.05, 3.63) is 22.7 Å². The highest BCUT2D eigenvalue weighted by molar-refractivity contribution is 6.32. The van der Waals surface area contributed by atoms with Crippen LogP contribution in [0.4, 0.5) is 0 Å².